The summed E-state index contributed by atoms with van der Waals surface area (Å²) in [6, 6.07) is 5.84. The third-order valence-corrected chi connectivity index (χ3v) is 2.17. The van der Waals surface area contributed by atoms with E-state index in [0.29, 0.717) is 5.75 Å². The van der Waals surface area contributed by atoms with Crippen LogP contribution in [-0.4, -0.2) is 10.1 Å². The van der Waals surface area contributed by atoms with E-state index in [2.05, 4.69) is 4.98 Å². The summed E-state index contributed by atoms with van der Waals surface area (Å²) >= 11 is 0. The number of fused-ring (bicyclic) bond motifs is 1. The number of hydrogen-bond donors (Lipinski definition) is 2. The Balaban J connectivity index is 2.78. The van der Waals surface area contributed by atoms with E-state index in [1.165, 1.54) is 0 Å². The minimum absolute atomic E-state index is 0.413. The molecule has 2 aromatic rings. The zero-order valence-electron chi connectivity index (χ0n) is 6.96. The van der Waals surface area contributed by atoms with E-state index in [-0.39, 0.29) is 0 Å². The molecule has 2 heteroatoms. The quantitative estimate of drug-likeness (QED) is 0.662. The van der Waals surface area contributed by atoms with E-state index < -0.39 is 0 Å². The standard InChI is InChI=1S/C10H11NO/c1-2-7-3-4-9-8(10(7)12)5-6-11-9/h3-6,11-12H,2H2,1H3. The average Bonchev–Trinajstić information content (AvgIpc) is 2.53. The third kappa shape index (κ3) is 0.881. The van der Waals surface area contributed by atoms with Crippen molar-refractivity contribution in [3.8, 4) is 5.75 Å². The molecule has 0 saturated heterocycles. The number of phenolic OH excluding ortho intramolecular Hbond substituents is 1. The lowest BCUT2D eigenvalue weighted by atomic mass is 10.1. The van der Waals surface area contributed by atoms with Gasteiger partial charge in [0.25, 0.3) is 0 Å². The van der Waals surface area contributed by atoms with Gasteiger partial charge in [-0.2, -0.15) is 0 Å². The van der Waals surface area contributed by atoms with Crippen molar-refractivity contribution in [3.63, 3.8) is 0 Å². The molecule has 2 nitrogen and oxygen atoms in total. The first-order valence-electron chi connectivity index (χ1n) is 4.11. The zero-order chi connectivity index (χ0) is 8.55. The van der Waals surface area contributed by atoms with E-state index in [1.807, 2.05) is 31.3 Å². The van der Waals surface area contributed by atoms with Crippen molar-refractivity contribution in [2.24, 2.45) is 0 Å². The van der Waals surface area contributed by atoms with Crippen molar-refractivity contribution in [1.29, 1.82) is 0 Å². The molecule has 0 radical (unpaired) electrons. The van der Waals surface area contributed by atoms with Gasteiger partial charge in [0.2, 0.25) is 0 Å². The predicted molar refractivity (Wildman–Crippen MR) is 49.3 cm³/mol. The lowest BCUT2D eigenvalue weighted by Crippen LogP contribution is -1.81. The Morgan fingerprint density at radius 2 is 2.17 bits per heavy atom. The van der Waals surface area contributed by atoms with Crippen molar-refractivity contribution in [3.05, 3.63) is 30.0 Å². The van der Waals surface area contributed by atoms with Crippen LogP contribution in [0.3, 0.4) is 0 Å². The van der Waals surface area contributed by atoms with E-state index in [4.69, 9.17) is 0 Å². The Bertz CT molecular complexity index is 403. The second-order valence-electron chi connectivity index (χ2n) is 2.87. The van der Waals surface area contributed by atoms with Crippen LogP contribution in [0.2, 0.25) is 0 Å². The largest absolute Gasteiger partial charge is 0.507 e. The van der Waals surface area contributed by atoms with Gasteiger partial charge in [0.15, 0.2) is 0 Å². The molecule has 12 heavy (non-hydrogen) atoms. The van der Waals surface area contributed by atoms with Crippen LogP contribution >= 0.6 is 0 Å². The number of phenols is 1. The van der Waals surface area contributed by atoms with Crippen LogP contribution in [0.1, 0.15) is 12.5 Å². The molecule has 1 heterocycles. The molecule has 0 spiro atoms. The Morgan fingerprint density at radius 1 is 1.33 bits per heavy atom. The normalized spacial score (nSPS) is 10.8. The number of hydrogen-bond acceptors (Lipinski definition) is 1. The molecule has 0 atom stereocenters. The van der Waals surface area contributed by atoms with Gasteiger partial charge in [0.05, 0.1) is 0 Å². The summed E-state index contributed by atoms with van der Waals surface area (Å²) in [5.74, 6) is 0.413. The Hall–Kier alpha value is -1.44. The summed E-state index contributed by atoms with van der Waals surface area (Å²) in [6.45, 7) is 2.04. The molecule has 1 aromatic heterocycles. The fourth-order valence-corrected chi connectivity index (χ4v) is 1.45. The van der Waals surface area contributed by atoms with Crippen LogP contribution in [-0.2, 0) is 6.42 Å². The number of aromatic hydroxyl groups is 1. The summed E-state index contributed by atoms with van der Waals surface area (Å²) in [4.78, 5) is 3.05. The molecular formula is C10H11NO. The Morgan fingerprint density at radius 3 is 2.92 bits per heavy atom. The maximum Gasteiger partial charge on any atom is 0.128 e. The van der Waals surface area contributed by atoms with Crippen molar-refractivity contribution >= 4 is 10.9 Å². The third-order valence-electron chi connectivity index (χ3n) is 2.17. The van der Waals surface area contributed by atoms with E-state index in [1.54, 1.807) is 0 Å². The first-order chi connectivity index (χ1) is 5.83. The first-order valence-corrected chi connectivity index (χ1v) is 4.11. The maximum absolute atomic E-state index is 9.72. The first kappa shape index (κ1) is 7.22. The summed E-state index contributed by atoms with van der Waals surface area (Å²) < 4.78 is 0. The van der Waals surface area contributed by atoms with Gasteiger partial charge in [-0.1, -0.05) is 13.0 Å². The molecule has 2 N–H and O–H groups in total. The second kappa shape index (κ2) is 2.55. The van der Waals surface area contributed by atoms with Crippen LogP contribution in [0.25, 0.3) is 10.9 Å². The Labute approximate surface area is 70.8 Å². The van der Waals surface area contributed by atoms with Gasteiger partial charge in [-0.25, -0.2) is 0 Å². The molecule has 0 aliphatic carbocycles. The SMILES string of the molecule is CCc1ccc2[nH]ccc2c1O. The lowest BCUT2D eigenvalue weighted by molar-refractivity contribution is 0.475. The van der Waals surface area contributed by atoms with E-state index in [0.717, 1.165) is 22.9 Å². The molecule has 0 unspecified atom stereocenters. The molecule has 62 valence electrons. The van der Waals surface area contributed by atoms with Gasteiger partial charge in [-0.15, -0.1) is 0 Å². The zero-order valence-corrected chi connectivity index (χ0v) is 6.96. The summed E-state index contributed by atoms with van der Waals surface area (Å²) in [7, 11) is 0. The van der Waals surface area contributed by atoms with E-state index in [9.17, 15) is 5.11 Å². The van der Waals surface area contributed by atoms with E-state index >= 15 is 0 Å². The number of aryl methyl sites for hydroxylation is 1. The minimum atomic E-state index is 0.413. The maximum atomic E-state index is 9.72. The number of aromatic nitrogens is 1. The van der Waals surface area contributed by atoms with Gasteiger partial charge in [0, 0.05) is 17.1 Å². The van der Waals surface area contributed by atoms with Crippen molar-refractivity contribution in [2.45, 2.75) is 13.3 Å². The molecule has 0 aliphatic rings. The molecule has 0 amide bonds. The molecule has 0 saturated carbocycles. The second-order valence-corrected chi connectivity index (χ2v) is 2.87. The molecule has 0 aliphatic heterocycles. The van der Waals surface area contributed by atoms with Gasteiger partial charge >= 0.3 is 0 Å². The predicted octanol–water partition coefficient (Wildman–Crippen LogP) is 2.44. The van der Waals surface area contributed by atoms with Crippen LogP contribution < -0.4 is 0 Å². The molecule has 0 bridgehead atoms. The van der Waals surface area contributed by atoms with Gasteiger partial charge in [-0.3, -0.25) is 0 Å². The van der Waals surface area contributed by atoms with Crippen LogP contribution in [0.4, 0.5) is 0 Å². The molecule has 2 rings (SSSR count). The number of rotatable bonds is 1. The van der Waals surface area contributed by atoms with Crippen LogP contribution in [0.5, 0.6) is 5.75 Å². The highest BCUT2D eigenvalue weighted by Gasteiger charge is 2.04. The average molecular weight is 161 g/mol. The van der Waals surface area contributed by atoms with Gasteiger partial charge < -0.3 is 10.1 Å². The molecule has 0 fully saturated rings. The van der Waals surface area contributed by atoms with Gasteiger partial charge in [-0.05, 0) is 24.1 Å². The summed E-state index contributed by atoms with van der Waals surface area (Å²) in [6.07, 6.45) is 2.71. The highest BCUT2D eigenvalue weighted by molar-refractivity contribution is 5.86. The van der Waals surface area contributed by atoms with Crippen molar-refractivity contribution in [2.75, 3.05) is 0 Å². The number of nitrogens with one attached hydrogen (secondary N) is 1. The topological polar surface area (TPSA) is 36.0 Å². The minimum Gasteiger partial charge on any atom is -0.507 e. The number of aromatic amines is 1. The van der Waals surface area contributed by atoms with Gasteiger partial charge in [0.1, 0.15) is 5.75 Å². The molecule has 1 aromatic carbocycles. The fraction of sp³-hybridized carbons (Fsp3) is 0.200. The lowest BCUT2D eigenvalue weighted by Gasteiger charge is -2.01. The van der Waals surface area contributed by atoms with Crippen molar-refractivity contribution < 1.29 is 5.11 Å². The smallest absolute Gasteiger partial charge is 0.128 e. The molecular weight excluding hydrogens is 150 g/mol. The highest BCUT2D eigenvalue weighted by Crippen LogP contribution is 2.27. The summed E-state index contributed by atoms with van der Waals surface area (Å²) in [5.41, 5.74) is 1.99. The number of H-pyrrole nitrogens is 1. The highest BCUT2D eigenvalue weighted by atomic mass is 16.3. The van der Waals surface area contributed by atoms with Crippen LogP contribution in [0, 0.1) is 0 Å². The Kier molecular flexibility index (Phi) is 1.54. The van der Waals surface area contributed by atoms with Crippen LogP contribution in [0.15, 0.2) is 24.4 Å². The summed E-state index contributed by atoms with van der Waals surface area (Å²) in [5, 5.41) is 10.6. The number of benzene rings is 1. The van der Waals surface area contributed by atoms with Crippen molar-refractivity contribution in [1.82, 2.24) is 4.98 Å². The monoisotopic (exact) mass is 161 g/mol. The fourth-order valence-electron chi connectivity index (χ4n) is 1.45.